The molecule has 36 heavy (non-hydrogen) atoms. The Labute approximate surface area is 217 Å². The fourth-order valence-electron chi connectivity index (χ4n) is 5.42. The van der Waals surface area contributed by atoms with Crippen molar-refractivity contribution < 1.29 is 14.3 Å². The van der Waals surface area contributed by atoms with E-state index in [1.54, 1.807) is 4.90 Å². The summed E-state index contributed by atoms with van der Waals surface area (Å²) in [6.07, 6.45) is 4.00. The van der Waals surface area contributed by atoms with Crippen molar-refractivity contribution in [2.24, 2.45) is 11.8 Å². The third kappa shape index (κ3) is 7.70. The van der Waals surface area contributed by atoms with Crippen molar-refractivity contribution in [3.63, 3.8) is 0 Å². The van der Waals surface area contributed by atoms with Crippen molar-refractivity contribution in [1.82, 2.24) is 9.80 Å². The van der Waals surface area contributed by atoms with Crippen molar-refractivity contribution in [3.05, 3.63) is 29.8 Å². The highest BCUT2D eigenvalue weighted by atomic mass is 16.6. The van der Waals surface area contributed by atoms with Crippen LogP contribution in [-0.4, -0.2) is 73.1 Å². The highest BCUT2D eigenvalue weighted by molar-refractivity contribution is 5.88. The van der Waals surface area contributed by atoms with Gasteiger partial charge in [0.15, 0.2) is 5.78 Å². The Kier molecular flexibility index (Phi) is 9.78. The molecule has 2 aliphatic rings. The normalized spacial score (nSPS) is 22.4. The number of anilines is 1. The summed E-state index contributed by atoms with van der Waals surface area (Å²) in [7, 11) is 2.17. The number of hydrogen-bond acceptors (Lipinski definition) is 6. The van der Waals surface area contributed by atoms with E-state index in [-0.39, 0.29) is 18.1 Å². The molecular formula is C29H44N4O3. The molecule has 0 aromatic heterocycles. The largest absolute Gasteiger partial charge is 0.444 e. The van der Waals surface area contributed by atoms with Gasteiger partial charge in [-0.15, -0.1) is 0 Å². The van der Waals surface area contributed by atoms with E-state index in [9.17, 15) is 14.9 Å². The Balaban J connectivity index is 1.65. The predicted octanol–water partition coefficient (Wildman–Crippen LogP) is 4.90. The summed E-state index contributed by atoms with van der Waals surface area (Å²) >= 11 is 0. The van der Waals surface area contributed by atoms with Crippen LogP contribution >= 0.6 is 0 Å². The first kappa shape index (κ1) is 28.0. The van der Waals surface area contributed by atoms with Gasteiger partial charge >= 0.3 is 6.09 Å². The summed E-state index contributed by atoms with van der Waals surface area (Å²) in [6, 6.07) is 10.3. The summed E-state index contributed by atoms with van der Waals surface area (Å²) in [5.74, 6) is -0.343. The van der Waals surface area contributed by atoms with E-state index in [1.165, 1.54) is 5.69 Å². The molecule has 7 heteroatoms. The van der Waals surface area contributed by atoms with E-state index in [0.29, 0.717) is 13.0 Å². The Morgan fingerprint density at radius 1 is 1.08 bits per heavy atom. The lowest BCUT2D eigenvalue weighted by Crippen LogP contribution is -2.54. The quantitative estimate of drug-likeness (QED) is 0.535. The van der Waals surface area contributed by atoms with E-state index in [4.69, 9.17) is 4.74 Å². The zero-order valence-electron chi connectivity index (χ0n) is 22.8. The molecule has 1 aromatic rings. The minimum Gasteiger partial charge on any atom is -0.444 e. The van der Waals surface area contributed by atoms with E-state index >= 15 is 0 Å². The summed E-state index contributed by atoms with van der Waals surface area (Å²) < 4.78 is 5.62. The smallest absolute Gasteiger partial charge is 0.410 e. The van der Waals surface area contributed by atoms with Crippen LogP contribution in [-0.2, 0) is 16.0 Å². The number of benzene rings is 1. The van der Waals surface area contributed by atoms with Crippen LogP contribution < -0.4 is 4.90 Å². The highest BCUT2D eigenvalue weighted by Gasteiger charge is 2.40. The number of nitriles is 1. The van der Waals surface area contributed by atoms with Gasteiger partial charge in [-0.1, -0.05) is 25.5 Å². The third-order valence-electron chi connectivity index (χ3n) is 7.37. The number of nitrogens with zero attached hydrogens (tertiary/aromatic N) is 4. The topological polar surface area (TPSA) is 76.9 Å². The molecule has 1 amide bonds. The molecular weight excluding hydrogens is 452 g/mol. The maximum absolute atomic E-state index is 13.5. The fourth-order valence-corrected chi connectivity index (χ4v) is 5.42. The number of hydrogen-bond donors (Lipinski definition) is 0. The highest BCUT2D eigenvalue weighted by Crippen LogP contribution is 2.30. The molecule has 3 rings (SSSR count). The van der Waals surface area contributed by atoms with Gasteiger partial charge in [-0.3, -0.25) is 9.69 Å². The second-order valence-corrected chi connectivity index (χ2v) is 11.4. The predicted molar refractivity (Wildman–Crippen MR) is 143 cm³/mol. The maximum atomic E-state index is 13.5. The second-order valence-electron chi connectivity index (χ2n) is 11.4. The SMILES string of the molecule is CC[C@@H]1CCCN(C(=O)OC(C)(C)C)[C@@H]1C(=O)C[C@H](C#N)Cc1ccc(N2CCCN(C)CC2)cc1. The molecule has 0 aliphatic carbocycles. The molecule has 0 unspecified atom stereocenters. The summed E-state index contributed by atoms with van der Waals surface area (Å²) in [6.45, 7) is 12.3. The second kappa shape index (κ2) is 12.6. The first-order chi connectivity index (χ1) is 17.1. The Morgan fingerprint density at radius 3 is 2.44 bits per heavy atom. The van der Waals surface area contributed by atoms with Gasteiger partial charge in [0.1, 0.15) is 5.60 Å². The monoisotopic (exact) mass is 496 g/mol. The van der Waals surface area contributed by atoms with Gasteiger partial charge < -0.3 is 14.5 Å². The van der Waals surface area contributed by atoms with Crippen molar-refractivity contribution in [1.29, 1.82) is 5.26 Å². The van der Waals surface area contributed by atoms with E-state index in [0.717, 1.165) is 57.4 Å². The number of likely N-dealkylation sites (N-methyl/N-ethyl adjacent to an activating group) is 1. The standard InChI is InChI=1S/C29H44N4O3/c1-6-24-9-7-16-33(28(35)36-29(2,3)4)27(24)26(34)20-23(21-30)19-22-10-12-25(13-11-22)32-15-8-14-31(5)17-18-32/h10-13,23-24,27H,6-9,14-20H2,1-5H3/t23-,24-,27+/m1/s1. The first-order valence-electron chi connectivity index (χ1n) is 13.6. The molecule has 0 saturated carbocycles. The Hall–Kier alpha value is -2.59. The third-order valence-corrected chi connectivity index (χ3v) is 7.37. The van der Waals surface area contributed by atoms with Gasteiger partial charge in [-0.2, -0.15) is 5.26 Å². The van der Waals surface area contributed by atoms with Gasteiger partial charge in [0, 0.05) is 38.3 Å². The number of amides is 1. The molecule has 198 valence electrons. The van der Waals surface area contributed by atoms with Crippen LogP contribution in [0, 0.1) is 23.2 Å². The van der Waals surface area contributed by atoms with E-state index in [1.807, 2.05) is 20.8 Å². The van der Waals surface area contributed by atoms with Crippen LogP contribution in [0.2, 0.25) is 0 Å². The minimum atomic E-state index is -0.617. The number of ether oxygens (including phenoxy) is 1. The molecule has 0 N–H and O–H groups in total. The average molecular weight is 497 g/mol. The number of Topliss-reactive ketones (excluding diaryl/α,β-unsaturated/α-hetero) is 1. The molecule has 2 fully saturated rings. The number of ketones is 1. The van der Waals surface area contributed by atoms with Gasteiger partial charge in [0.2, 0.25) is 0 Å². The molecule has 0 bridgehead atoms. The van der Waals surface area contributed by atoms with Crippen molar-refractivity contribution in [3.8, 4) is 6.07 Å². The molecule has 1 aromatic carbocycles. The number of carbonyl (C=O) groups excluding carboxylic acids is 2. The van der Waals surface area contributed by atoms with E-state index in [2.05, 4.69) is 54.1 Å². The number of piperidine rings is 1. The summed E-state index contributed by atoms with van der Waals surface area (Å²) in [4.78, 5) is 32.8. The minimum absolute atomic E-state index is 0.0238. The lowest BCUT2D eigenvalue weighted by Gasteiger charge is -2.40. The van der Waals surface area contributed by atoms with Crippen LogP contribution in [0.25, 0.3) is 0 Å². The van der Waals surface area contributed by atoms with Crippen LogP contribution in [0.4, 0.5) is 10.5 Å². The van der Waals surface area contributed by atoms with Crippen LogP contribution in [0.15, 0.2) is 24.3 Å². The fraction of sp³-hybridized carbons (Fsp3) is 0.690. The lowest BCUT2D eigenvalue weighted by molar-refractivity contribution is -0.128. The number of likely N-dealkylation sites (tertiary alicyclic amines) is 1. The van der Waals surface area contributed by atoms with Crippen LogP contribution in [0.5, 0.6) is 0 Å². The molecule has 3 atom stereocenters. The number of carbonyl (C=O) groups is 2. The number of rotatable bonds is 7. The zero-order valence-corrected chi connectivity index (χ0v) is 22.8. The van der Waals surface area contributed by atoms with Crippen LogP contribution in [0.3, 0.4) is 0 Å². The molecule has 0 spiro atoms. The van der Waals surface area contributed by atoms with Gasteiger partial charge in [-0.25, -0.2) is 4.79 Å². The average Bonchev–Trinajstić information content (AvgIpc) is 3.06. The Bertz CT molecular complexity index is 918. The van der Waals surface area contributed by atoms with Gasteiger partial charge in [0.25, 0.3) is 0 Å². The molecule has 2 aliphatic heterocycles. The van der Waals surface area contributed by atoms with Crippen molar-refractivity contribution in [2.75, 3.05) is 44.7 Å². The molecule has 2 heterocycles. The van der Waals surface area contributed by atoms with E-state index < -0.39 is 23.7 Å². The van der Waals surface area contributed by atoms with Crippen molar-refractivity contribution >= 4 is 17.6 Å². The molecule has 2 saturated heterocycles. The summed E-state index contributed by atoms with van der Waals surface area (Å²) in [5, 5.41) is 9.88. The van der Waals surface area contributed by atoms with Gasteiger partial charge in [-0.05, 0) is 83.7 Å². The lowest BCUT2D eigenvalue weighted by atomic mass is 9.82. The molecule has 0 radical (unpaired) electrons. The molecule has 7 nitrogen and oxygen atoms in total. The first-order valence-corrected chi connectivity index (χ1v) is 13.6. The maximum Gasteiger partial charge on any atom is 0.410 e. The Morgan fingerprint density at radius 2 is 1.81 bits per heavy atom. The van der Waals surface area contributed by atoms with Gasteiger partial charge in [0.05, 0.1) is 18.0 Å². The van der Waals surface area contributed by atoms with Crippen molar-refractivity contribution in [2.45, 2.75) is 77.9 Å². The zero-order chi connectivity index (χ0) is 26.3. The van der Waals surface area contributed by atoms with Crippen LogP contribution in [0.1, 0.15) is 65.4 Å². The summed E-state index contributed by atoms with van der Waals surface area (Å²) in [5.41, 5.74) is 1.65.